The van der Waals surface area contributed by atoms with Crippen molar-refractivity contribution in [2.24, 2.45) is 0 Å². The predicted molar refractivity (Wildman–Crippen MR) is 69.2 cm³/mol. The van der Waals surface area contributed by atoms with Gasteiger partial charge in [0.25, 0.3) is 0 Å². The van der Waals surface area contributed by atoms with Gasteiger partial charge >= 0.3 is 0 Å². The molecule has 0 spiro atoms. The van der Waals surface area contributed by atoms with E-state index in [1.807, 2.05) is 24.3 Å². The highest BCUT2D eigenvalue weighted by atomic mass is 35.5. The van der Waals surface area contributed by atoms with Crippen LogP contribution in [0.5, 0.6) is 0 Å². The summed E-state index contributed by atoms with van der Waals surface area (Å²) in [5.74, 6) is 1.17. The van der Waals surface area contributed by atoms with E-state index < -0.39 is 0 Å². The van der Waals surface area contributed by atoms with Crippen LogP contribution in [0.4, 0.5) is 0 Å². The Balaban J connectivity index is 2.00. The highest BCUT2D eigenvalue weighted by Gasteiger charge is 2.14. The number of rotatable bonds is 2. The van der Waals surface area contributed by atoms with Gasteiger partial charge in [0.2, 0.25) is 0 Å². The van der Waals surface area contributed by atoms with Crippen molar-refractivity contribution < 1.29 is 4.42 Å². The van der Waals surface area contributed by atoms with Crippen LogP contribution in [0.25, 0.3) is 22.8 Å². The van der Waals surface area contributed by atoms with Crippen LogP contribution in [0.3, 0.4) is 0 Å². The molecule has 0 unspecified atom stereocenters. The molecule has 0 bridgehead atoms. The van der Waals surface area contributed by atoms with Crippen LogP contribution < -0.4 is 0 Å². The molecule has 92 valence electrons. The summed E-state index contributed by atoms with van der Waals surface area (Å²) in [6, 6.07) is 12.8. The van der Waals surface area contributed by atoms with Crippen LogP contribution in [-0.2, 0) is 0 Å². The van der Waals surface area contributed by atoms with E-state index in [-0.39, 0.29) is 5.69 Å². The highest BCUT2D eigenvalue weighted by Crippen LogP contribution is 2.28. The molecule has 19 heavy (non-hydrogen) atoms. The van der Waals surface area contributed by atoms with E-state index in [4.69, 9.17) is 21.3 Å². The molecule has 0 amide bonds. The normalized spacial score (nSPS) is 10.3. The van der Waals surface area contributed by atoms with Crippen LogP contribution >= 0.6 is 11.6 Å². The van der Waals surface area contributed by atoms with Gasteiger partial charge in [0.05, 0.1) is 0 Å². The standard InChI is InChI=1S/C13H7ClN4O/c14-9-3-1-8(2-4-9)11-5-6-12(19-11)13-10(7-15)16-18-17-13/h1-6H,(H,16,17,18). The molecule has 3 aromatic rings. The lowest BCUT2D eigenvalue weighted by Gasteiger charge is -1.96. The Hall–Kier alpha value is -2.58. The van der Waals surface area contributed by atoms with Gasteiger partial charge in [0.1, 0.15) is 11.8 Å². The van der Waals surface area contributed by atoms with Crippen molar-refractivity contribution in [2.75, 3.05) is 0 Å². The number of aromatic amines is 1. The Morgan fingerprint density at radius 3 is 2.53 bits per heavy atom. The molecule has 0 fully saturated rings. The Kier molecular flexibility index (Phi) is 2.78. The number of hydrogen-bond acceptors (Lipinski definition) is 4. The third kappa shape index (κ3) is 2.09. The second kappa shape index (κ2) is 4.59. The third-order valence-corrected chi connectivity index (χ3v) is 2.87. The molecule has 0 aliphatic rings. The van der Waals surface area contributed by atoms with E-state index >= 15 is 0 Å². The molecular weight excluding hydrogens is 264 g/mol. The second-order valence-electron chi connectivity index (χ2n) is 3.80. The van der Waals surface area contributed by atoms with Gasteiger partial charge in [-0.2, -0.15) is 15.6 Å². The summed E-state index contributed by atoms with van der Waals surface area (Å²) in [5.41, 5.74) is 1.51. The third-order valence-electron chi connectivity index (χ3n) is 2.62. The molecule has 1 aromatic carbocycles. The lowest BCUT2D eigenvalue weighted by Crippen LogP contribution is -1.79. The number of halogens is 1. The number of nitriles is 1. The molecule has 2 heterocycles. The van der Waals surface area contributed by atoms with Gasteiger partial charge in [-0.1, -0.05) is 11.6 Å². The Bertz CT molecular complexity index is 752. The summed E-state index contributed by atoms with van der Waals surface area (Å²) in [6.45, 7) is 0. The maximum atomic E-state index is 8.89. The fourth-order valence-electron chi connectivity index (χ4n) is 1.72. The molecular formula is C13H7ClN4O. The summed E-state index contributed by atoms with van der Waals surface area (Å²) < 4.78 is 5.68. The van der Waals surface area contributed by atoms with Crippen LogP contribution in [0, 0.1) is 11.3 Å². The van der Waals surface area contributed by atoms with Crippen molar-refractivity contribution in [3.63, 3.8) is 0 Å². The van der Waals surface area contributed by atoms with Crippen molar-refractivity contribution in [2.45, 2.75) is 0 Å². The van der Waals surface area contributed by atoms with E-state index in [9.17, 15) is 0 Å². The van der Waals surface area contributed by atoms with Gasteiger partial charge in [0, 0.05) is 10.6 Å². The number of nitrogens with one attached hydrogen (secondary N) is 1. The molecule has 1 N–H and O–H groups in total. The molecule has 0 radical (unpaired) electrons. The van der Waals surface area contributed by atoms with E-state index in [1.54, 1.807) is 18.2 Å². The van der Waals surface area contributed by atoms with Crippen molar-refractivity contribution in [1.82, 2.24) is 15.4 Å². The fourth-order valence-corrected chi connectivity index (χ4v) is 1.84. The maximum Gasteiger partial charge on any atom is 0.193 e. The molecule has 3 rings (SSSR count). The lowest BCUT2D eigenvalue weighted by molar-refractivity contribution is 0.594. The zero-order valence-electron chi connectivity index (χ0n) is 9.59. The van der Waals surface area contributed by atoms with Crippen LogP contribution in [0.1, 0.15) is 5.69 Å². The van der Waals surface area contributed by atoms with Crippen molar-refractivity contribution in [1.29, 1.82) is 5.26 Å². The van der Waals surface area contributed by atoms with E-state index in [0.717, 1.165) is 5.56 Å². The minimum atomic E-state index is 0.206. The maximum absolute atomic E-state index is 8.89. The zero-order valence-corrected chi connectivity index (χ0v) is 10.3. The monoisotopic (exact) mass is 270 g/mol. The van der Waals surface area contributed by atoms with Gasteiger partial charge in [0.15, 0.2) is 17.1 Å². The van der Waals surface area contributed by atoms with E-state index in [2.05, 4.69) is 15.4 Å². The largest absolute Gasteiger partial charge is 0.454 e. The first-order chi connectivity index (χ1) is 9.28. The fraction of sp³-hybridized carbons (Fsp3) is 0. The minimum absolute atomic E-state index is 0.206. The molecule has 0 saturated carbocycles. The Morgan fingerprint density at radius 2 is 1.79 bits per heavy atom. The molecule has 6 heteroatoms. The topological polar surface area (TPSA) is 78.5 Å². The van der Waals surface area contributed by atoms with Gasteiger partial charge in [-0.15, -0.1) is 5.10 Å². The molecule has 0 saturated heterocycles. The summed E-state index contributed by atoms with van der Waals surface area (Å²) in [7, 11) is 0. The first-order valence-corrected chi connectivity index (χ1v) is 5.83. The Morgan fingerprint density at radius 1 is 1.05 bits per heavy atom. The molecule has 0 aliphatic heterocycles. The molecule has 5 nitrogen and oxygen atoms in total. The number of benzene rings is 1. The van der Waals surface area contributed by atoms with E-state index in [1.165, 1.54) is 0 Å². The zero-order chi connectivity index (χ0) is 13.2. The molecule has 0 atom stereocenters. The van der Waals surface area contributed by atoms with Gasteiger partial charge in [-0.05, 0) is 36.4 Å². The minimum Gasteiger partial charge on any atom is -0.454 e. The first kappa shape index (κ1) is 11.5. The Labute approximate surface area is 113 Å². The van der Waals surface area contributed by atoms with Crippen LogP contribution in [0.15, 0.2) is 40.8 Å². The SMILES string of the molecule is N#Cc1n[nH]nc1-c1ccc(-c2ccc(Cl)cc2)o1. The number of hydrogen-bond donors (Lipinski definition) is 1. The van der Waals surface area contributed by atoms with Gasteiger partial charge < -0.3 is 4.42 Å². The van der Waals surface area contributed by atoms with Gasteiger partial charge in [-0.3, -0.25) is 0 Å². The summed E-state index contributed by atoms with van der Waals surface area (Å²) in [6.07, 6.45) is 0. The van der Waals surface area contributed by atoms with Crippen LogP contribution in [0.2, 0.25) is 5.02 Å². The summed E-state index contributed by atoms with van der Waals surface area (Å²) in [4.78, 5) is 0. The highest BCUT2D eigenvalue weighted by molar-refractivity contribution is 6.30. The lowest BCUT2D eigenvalue weighted by atomic mass is 10.2. The number of H-pyrrole nitrogens is 1. The number of nitrogens with zero attached hydrogens (tertiary/aromatic N) is 3. The number of furan rings is 1. The average Bonchev–Trinajstić information content (AvgIpc) is 3.07. The van der Waals surface area contributed by atoms with Crippen LogP contribution in [-0.4, -0.2) is 15.4 Å². The van der Waals surface area contributed by atoms with Crippen molar-refractivity contribution in [3.05, 3.63) is 47.1 Å². The molecule has 0 aliphatic carbocycles. The summed E-state index contributed by atoms with van der Waals surface area (Å²) in [5, 5.41) is 19.6. The summed E-state index contributed by atoms with van der Waals surface area (Å²) >= 11 is 5.84. The second-order valence-corrected chi connectivity index (χ2v) is 4.24. The van der Waals surface area contributed by atoms with E-state index in [0.29, 0.717) is 22.2 Å². The molecule has 2 aromatic heterocycles. The average molecular weight is 271 g/mol. The first-order valence-electron chi connectivity index (χ1n) is 5.45. The van der Waals surface area contributed by atoms with Crippen molar-refractivity contribution in [3.8, 4) is 28.8 Å². The quantitative estimate of drug-likeness (QED) is 0.775. The van der Waals surface area contributed by atoms with Crippen molar-refractivity contribution >= 4 is 11.6 Å². The number of aromatic nitrogens is 3. The predicted octanol–water partition coefficient (Wildman–Crippen LogP) is 3.26. The smallest absolute Gasteiger partial charge is 0.193 e. The van der Waals surface area contributed by atoms with Gasteiger partial charge in [-0.25, -0.2) is 0 Å².